The van der Waals surface area contributed by atoms with Crippen molar-refractivity contribution < 1.29 is 14.3 Å². The van der Waals surface area contributed by atoms with Crippen LogP contribution in [-0.2, 0) is 11.2 Å². The van der Waals surface area contributed by atoms with Gasteiger partial charge in [-0.05, 0) is 43.9 Å². The molecule has 132 valence electrons. The second-order valence-corrected chi connectivity index (χ2v) is 6.24. The number of hydrogen-bond acceptors (Lipinski definition) is 3. The number of benzene rings is 1. The number of nitrogens with zero attached hydrogens (tertiary/aromatic N) is 1. The lowest BCUT2D eigenvalue weighted by Crippen LogP contribution is -2.43. The number of methoxy groups -OCH3 is 1. The van der Waals surface area contributed by atoms with Gasteiger partial charge in [0.2, 0.25) is 0 Å². The summed E-state index contributed by atoms with van der Waals surface area (Å²) < 4.78 is 11.1. The number of hydrogen-bond donors (Lipinski definition) is 0. The zero-order valence-corrected chi connectivity index (χ0v) is 14.9. The fourth-order valence-corrected chi connectivity index (χ4v) is 3.38. The Morgan fingerprint density at radius 3 is 2.67 bits per heavy atom. The molecule has 1 fully saturated rings. The molecule has 1 saturated carbocycles. The average molecular weight is 331 g/mol. The van der Waals surface area contributed by atoms with Crippen LogP contribution in [0.5, 0.6) is 11.5 Å². The van der Waals surface area contributed by atoms with Gasteiger partial charge in [-0.1, -0.05) is 31.4 Å². The van der Waals surface area contributed by atoms with Crippen LogP contribution in [0.25, 0.3) is 0 Å². The van der Waals surface area contributed by atoms with Crippen LogP contribution in [-0.4, -0.2) is 37.1 Å². The lowest BCUT2D eigenvalue weighted by molar-refractivity contribution is -0.136. The van der Waals surface area contributed by atoms with Crippen molar-refractivity contribution in [1.29, 1.82) is 0 Å². The molecule has 0 atom stereocenters. The maximum Gasteiger partial charge on any atom is 0.260 e. The molecule has 4 heteroatoms. The molecule has 1 aromatic carbocycles. The quantitative estimate of drug-likeness (QED) is 0.676. The van der Waals surface area contributed by atoms with E-state index in [1.807, 2.05) is 36.1 Å². The first-order valence-corrected chi connectivity index (χ1v) is 8.89. The van der Waals surface area contributed by atoms with Crippen molar-refractivity contribution in [2.75, 3.05) is 20.3 Å². The van der Waals surface area contributed by atoms with Crippen LogP contribution < -0.4 is 9.47 Å². The van der Waals surface area contributed by atoms with E-state index in [4.69, 9.17) is 9.47 Å². The average Bonchev–Trinajstić information content (AvgIpc) is 2.62. The van der Waals surface area contributed by atoms with Crippen LogP contribution in [0.4, 0.5) is 0 Å². The standard InChI is InChI=1S/C20H29NO3/c1-4-9-16-12-13-18(19(14-16)23-3)24-15-20(22)21(5-2)17-10-7-6-8-11-17/h4,12-14,17H,1,5-11,15H2,2-3H3. The Hall–Kier alpha value is -1.97. The van der Waals surface area contributed by atoms with E-state index < -0.39 is 0 Å². The fourth-order valence-electron chi connectivity index (χ4n) is 3.38. The molecule has 24 heavy (non-hydrogen) atoms. The first-order valence-electron chi connectivity index (χ1n) is 8.89. The van der Waals surface area contributed by atoms with Crippen molar-refractivity contribution in [3.05, 3.63) is 36.4 Å². The number of rotatable bonds is 8. The van der Waals surface area contributed by atoms with Crippen LogP contribution >= 0.6 is 0 Å². The van der Waals surface area contributed by atoms with E-state index in [0.29, 0.717) is 17.5 Å². The molecule has 0 aromatic heterocycles. The van der Waals surface area contributed by atoms with E-state index >= 15 is 0 Å². The molecular formula is C20H29NO3. The highest BCUT2D eigenvalue weighted by molar-refractivity contribution is 5.78. The van der Waals surface area contributed by atoms with Gasteiger partial charge >= 0.3 is 0 Å². The molecule has 1 amide bonds. The maximum atomic E-state index is 12.6. The Morgan fingerprint density at radius 1 is 1.29 bits per heavy atom. The van der Waals surface area contributed by atoms with Crippen molar-refractivity contribution in [3.8, 4) is 11.5 Å². The van der Waals surface area contributed by atoms with Crippen LogP contribution in [0, 0.1) is 0 Å². The van der Waals surface area contributed by atoms with Gasteiger partial charge in [0, 0.05) is 12.6 Å². The third kappa shape index (κ3) is 4.76. The van der Waals surface area contributed by atoms with Gasteiger partial charge in [-0.25, -0.2) is 0 Å². The number of amides is 1. The van der Waals surface area contributed by atoms with Crippen molar-refractivity contribution in [3.63, 3.8) is 0 Å². The first kappa shape index (κ1) is 18.4. The van der Waals surface area contributed by atoms with Crippen LogP contribution in [0.2, 0.25) is 0 Å². The smallest absolute Gasteiger partial charge is 0.260 e. The van der Waals surface area contributed by atoms with E-state index in [-0.39, 0.29) is 12.5 Å². The summed E-state index contributed by atoms with van der Waals surface area (Å²) in [5.74, 6) is 1.32. The highest BCUT2D eigenvalue weighted by atomic mass is 16.5. The highest BCUT2D eigenvalue weighted by Crippen LogP contribution is 2.29. The Balaban J connectivity index is 1.98. The summed E-state index contributed by atoms with van der Waals surface area (Å²) in [6.45, 7) is 6.58. The molecule has 1 aromatic rings. The molecule has 2 rings (SSSR count). The van der Waals surface area contributed by atoms with Crippen molar-refractivity contribution in [2.45, 2.75) is 51.5 Å². The first-order chi connectivity index (χ1) is 11.7. The predicted molar refractivity (Wildman–Crippen MR) is 96.7 cm³/mol. The Kier molecular flexibility index (Phi) is 7.16. The molecule has 0 heterocycles. The monoisotopic (exact) mass is 331 g/mol. The minimum atomic E-state index is 0.0570. The number of allylic oxidation sites excluding steroid dienone is 1. The summed E-state index contributed by atoms with van der Waals surface area (Å²) in [5.41, 5.74) is 1.11. The van der Waals surface area contributed by atoms with Crippen molar-refractivity contribution >= 4 is 5.91 Å². The largest absolute Gasteiger partial charge is 0.493 e. The van der Waals surface area contributed by atoms with Crippen molar-refractivity contribution in [2.24, 2.45) is 0 Å². The molecule has 0 saturated heterocycles. The van der Waals surface area contributed by atoms with Crippen LogP contribution in [0.3, 0.4) is 0 Å². The topological polar surface area (TPSA) is 38.8 Å². The molecule has 4 nitrogen and oxygen atoms in total. The highest BCUT2D eigenvalue weighted by Gasteiger charge is 2.24. The predicted octanol–water partition coefficient (Wildman–Crippen LogP) is 3.98. The number of carbonyl (C=O) groups excluding carboxylic acids is 1. The van der Waals surface area contributed by atoms with Crippen LogP contribution in [0.1, 0.15) is 44.6 Å². The molecule has 0 radical (unpaired) electrons. The summed E-state index contributed by atoms with van der Waals surface area (Å²) >= 11 is 0. The summed E-state index contributed by atoms with van der Waals surface area (Å²) in [6.07, 6.45) is 8.57. The Labute approximate surface area is 145 Å². The third-order valence-corrected chi connectivity index (χ3v) is 4.64. The van der Waals surface area contributed by atoms with Gasteiger partial charge in [0.1, 0.15) is 0 Å². The zero-order chi connectivity index (χ0) is 17.4. The van der Waals surface area contributed by atoms with E-state index in [2.05, 4.69) is 6.58 Å². The number of ether oxygens (including phenoxy) is 2. The van der Waals surface area contributed by atoms with Gasteiger partial charge in [0.15, 0.2) is 18.1 Å². The fraction of sp³-hybridized carbons (Fsp3) is 0.550. The van der Waals surface area contributed by atoms with Gasteiger partial charge in [-0.3, -0.25) is 4.79 Å². The lowest BCUT2D eigenvalue weighted by Gasteiger charge is -2.33. The molecule has 0 bridgehead atoms. The van der Waals surface area contributed by atoms with E-state index in [0.717, 1.165) is 31.4 Å². The summed E-state index contributed by atoms with van der Waals surface area (Å²) in [4.78, 5) is 14.5. The molecule has 0 N–H and O–H groups in total. The normalized spacial score (nSPS) is 14.9. The molecule has 0 spiro atoms. The minimum absolute atomic E-state index is 0.0570. The van der Waals surface area contributed by atoms with Crippen LogP contribution in [0.15, 0.2) is 30.9 Å². The SMILES string of the molecule is C=CCc1ccc(OCC(=O)N(CC)C2CCCCC2)c(OC)c1. The Bertz CT molecular complexity index is 550. The number of likely N-dealkylation sites (N-methyl/N-ethyl adjacent to an activating group) is 1. The summed E-state index contributed by atoms with van der Waals surface area (Å²) in [5, 5.41) is 0. The van der Waals surface area contributed by atoms with Gasteiger partial charge < -0.3 is 14.4 Å². The second-order valence-electron chi connectivity index (χ2n) is 6.24. The van der Waals surface area contributed by atoms with Gasteiger partial charge in [0.05, 0.1) is 7.11 Å². The van der Waals surface area contributed by atoms with Crippen molar-refractivity contribution in [1.82, 2.24) is 4.90 Å². The van der Waals surface area contributed by atoms with Gasteiger partial charge in [-0.15, -0.1) is 6.58 Å². The van der Waals surface area contributed by atoms with Gasteiger partial charge in [-0.2, -0.15) is 0 Å². The minimum Gasteiger partial charge on any atom is -0.493 e. The van der Waals surface area contributed by atoms with E-state index in [9.17, 15) is 4.79 Å². The summed E-state index contributed by atoms with van der Waals surface area (Å²) in [6, 6.07) is 6.14. The molecule has 1 aliphatic rings. The van der Waals surface area contributed by atoms with Gasteiger partial charge in [0.25, 0.3) is 5.91 Å². The summed E-state index contributed by atoms with van der Waals surface area (Å²) in [7, 11) is 1.61. The molecular weight excluding hydrogens is 302 g/mol. The zero-order valence-electron chi connectivity index (χ0n) is 14.9. The Morgan fingerprint density at radius 2 is 2.04 bits per heavy atom. The second kappa shape index (κ2) is 9.36. The molecule has 1 aliphatic carbocycles. The number of carbonyl (C=O) groups is 1. The van der Waals surface area contributed by atoms with E-state index in [1.165, 1.54) is 19.3 Å². The third-order valence-electron chi connectivity index (χ3n) is 4.64. The molecule has 0 unspecified atom stereocenters. The maximum absolute atomic E-state index is 12.6. The van der Waals surface area contributed by atoms with E-state index in [1.54, 1.807) is 7.11 Å². The lowest BCUT2D eigenvalue weighted by atomic mass is 9.94. The molecule has 0 aliphatic heterocycles.